The molecule has 0 radical (unpaired) electrons. The fraction of sp³-hybridized carbons (Fsp3) is 0.517. The lowest BCUT2D eigenvalue weighted by Gasteiger charge is -2.30. The van der Waals surface area contributed by atoms with Crippen molar-refractivity contribution in [2.45, 2.75) is 76.6 Å². The summed E-state index contributed by atoms with van der Waals surface area (Å²) in [6, 6.07) is 4.08. The molecule has 2 aliphatic carbocycles. The van der Waals surface area contributed by atoms with E-state index in [-0.39, 0.29) is 82.5 Å². The number of aromatic amines is 1. The fourth-order valence-electron chi connectivity index (χ4n) is 5.71. The third-order valence-corrected chi connectivity index (χ3v) is 8.89. The molecule has 16 heteroatoms. The highest BCUT2D eigenvalue weighted by Crippen LogP contribution is 2.38. The van der Waals surface area contributed by atoms with Crippen molar-refractivity contribution in [3.8, 4) is 5.88 Å². The van der Waals surface area contributed by atoms with Gasteiger partial charge in [0.1, 0.15) is 5.56 Å². The zero-order valence-corrected chi connectivity index (χ0v) is 25.4. The zero-order chi connectivity index (χ0) is 32.3. The highest BCUT2D eigenvalue weighted by atomic mass is 35.5. The first-order chi connectivity index (χ1) is 21.4. The lowest BCUT2D eigenvalue weighted by molar-refractivity contribution is -0.182. The maximum Gasteiger partial charge on any atom is 0.391 e. The van der Waals surface area contributed by atoms with Crippen LogP contribution in [0.5, 0.6) is 5.88 Å². The molecular formula is C29H31Cl2F5N6O3. The van der Waals surface area contributed by atoms with Crippen LogP contribution < -0.4 is 20.7 Å². The Balaban J connectivity index is 1.34. The van der Waals surface area contributed by atoms with Gasteiger partial charge in [0.25, 0.3) is 12.3 Å². The highest BCUT2D eigenvalue weighted by Gasteiger charge is 2.41. The van der Waals surface area contributed by atoms with Gasteiger partial charge in [0.2, 0.25) is 17.7 Å². The molecule has 0 spiro atoms. The number of hydrogen-bond donors (Lipinski definition) is 4. The molecule has 0 atom stereocenters. The second-order valence-corrected chi connectivity index (χ2v) is 12.1. The number of carbonyl (C=O) groups is 2. The Morgan fingerprint density at radius 2 is 1.76 bits per heavy atom. The quantitative estimate of drug-likeness (QED) is 0.167. The van der Waals surface area contributed by atoms with E-state index in [1.807, 2.05) is 0 Å². The molecular weight excluding hydrogens is 646 g/mol. The SMILES string of the molecule is O=C(NC1CCC(C(F)(F)F)CC1)c1cc2[nH]c(Nc3c(Cl)ccc(CNC(=O)C4CCCC4)c3Cl)nc2nc1OCC(F)F. The van der Waals surface area contributed by atoms with Crippen molar-refractivity contribution < 1.29 is 36.3 Å². The first-order valence-electron chi connectivity index (χ1n) is 14.6. The third kappa shape index (κ3) is 8.07. The molecule has 4 N–H and O–H groups in total. The number of rotatable bonds is 10. The number of benzene rings is 1. The number of hydrogen-bond acceptors (Lipinski definition) is 6. The standard InChI is InChI=1S/C29H31Cl2F5N6O3/c30-19-10-5-15(12-37-25(43)14-3-1-2-4-14)22(31)23(19)40-28-39-20-11-18(27(41-24(20)42-28)45-13-21(32)33)26(44)38-17-8-6-16(7-9-17)29(34,35)36/h5,10-11,14,16-17,21H,1-4,6-9,12-13H2,(H,37,43)(H,38,44)(H2,39,40,41,42). The van der Waals surface area contributed by atoms with Gasteiger partial charge < -0.3 is 25.7 Å². The molecule has 2 saturated carbocycles. The lowest BCUT2D eigenvalue weighted by atomic mass is 9.85. The highest BCUT2D eigenvalue weighted by molar-refractivity contribution is 6.39. The van der Waals surface area contributed by atoms with Gasteiger partial charge in [0, 0.05) is 18.5 Å². The van der Waals surface area contributed by atoms with Gasteiger partial charge in [-0.1, -0.05) is 42.1 Å². The topological polar surface area (TPSA) is 121 Å². The van der Waals surface area contributed by atoms with Crippen LogP contribution in [0.2, 0.25) is 10.0 Å². The minimum atomic E-state index is -4.30. The molecule has 0 aliphatic heterocycles. The predicted octanol–water partition coefficient (Wildman–Crippen LogP) is 7.31. The zero-order valence-electron chi connectivity index (χ0n) is 23.9. The van der Waals surface area contributed by atoms with Crippen LogP contribution in [0.15, 0.2) is 18.2 Å². The summed E-state index contributed by atoms with van der Waals surface area (Å²) in [6.07, 6.45) is -3.42. The number of alkyl halides is 5. The Labute approximate surface area is 265 Å². The van der Waals surface area contributed by atoms with Gasteiger partial charge >= 0.3 is 6.18 Å². The number of imidazole rings is 1. The smallest absolute Gasteiger partial charge is 0.391 e. The van der Waals surface area contributed by atoms with Crippen LogP contribution in [0.25, 0.3) is 11.2 Å². The Hall–Kier alpha value is -3.39. The fourth-order valence-corrected chi connectivity index (χ4v) is 6.24. The van der Waals surface area contributed by atoms with E-state index in [9.17, 15) is 31.5 Å². The predicted molar refractivity (Wildman–Crippen MR) is 158 cm³/mol. The number of nitrogens with zero attached hydrogens (tertiary/aromatic N) is 2. The van der Waals surface area contributed by atoms with Crippen LogP contribution in [0, 0.1) is 11.8 Å². The van der Waals surface area contributed by atoms with Crippen LogP contribution in [0.1, 0.15) is 67.3 Å². The number of pyridine rings is 1. The minimum Gasteiger partial charge on any atom is -0.471 e. The van der Waals surface area contributed by atoms with Gasteiger partial charge in [0.15, 0.2) is 12.3 Å². The summed E-state index contributed by atoms with van der Waals surface area (Å²) in [4.78, 5) is 37.0. The van der Waals surface area contributed by atoms with E-state index in [0.29, 0.717) is 5.56 Å². The molecule has 2 heterocycles. The van der Waals surface area contributed by atoms with E-state index in [0.717, 1.165) is 25.7 Å². The first-order valence-corrected chi connectivity index (χ1v) is 15.4. The Kier molecular flexibility index (Phi) is 10.2. The van der Waals surface area contributed by atoms with Crippen LogP contribution in [-0.2, 0) is 11.3 Å². The lowest BCUT2D eigenvalue weighted by Crippen LogP contribution is -2.40. The van der Waals surface area contributed by atoms with Gasteiger partial charge in [-0.05, 0) is 56.2 Å². The van der Waals surface area contributed by atoms with Gasteiger partial charge in [-0.25, -0.2) is 8.78 Å². The number of H-pyrrole nitrogens is 1. The molecule has 2 amide bonds. The first kappa shape index (κ1) is 33.0. The number of halogens is 7. The summed E-state index contributed by atoms with van der Waals surface area (Å²) in [6.45, 7) is -0.858. The number of carbonyl (C=O) groups excluding carboxylic acids is 2. The summed E-state index contributed by atoms with van der Waals surface area (Å²) in [5.74, 6) is -2.50. The van der Waals surface area contributed by atoms with E-state index < -0.39 is 43.0 Å². The van der Waals surface area contributed by atoms with Crippen molar-refractivity contribution in [1.29, 1.82) is 0 Å². The molecule has 9 nitrogen and oxygen atoms in total. The number of aromatic nitrogens is 3. The van der Waals surface area contributed by atoms with Crippen molar-refractivity contribution in [2.24, 2.45) is 11.8 Å². The molecule has 5 rings (SSSR count). The Morgan fingerprint density at radius 3 is 2.42 bits per heavy atom. The van der Waals surface area contributed by atoms with Crippen LogP contribution >= 0.6 is 23.2 Å². The summed E-state index contributed by atoms with van der Waals surface area (Å²) < 4.78 is 70.2. The third-order valence-electron chi connectivity index (χ3n) is 8.15. The molecule has 0 unspecified atom stereocenters. The molecule has 1 aromatic carbocycles. The van der Waals surface area contributed by atoms with E-state index in [1.165, 1.54) is 6.07 Å². The normalized spacial score (nSPS) is 19.2. The van der Waals surface area contributed by atoms with Crippen molar-refractivity contribution >= 4 is 57.8 Å². The molecule has 2 fully saturated rings. The molecule has 2 aromatic heterocycles. The maximum absolute atomic E-state index is 13.2. The second-order valence-electron chi connectivity index (χ2n) is 11.3. The molecule has 3 aromatic rings. The summed E-state index contributed by atoms with van der Waals surface area (Å²) in [7, 11) is 0. The molecule has 45 heavy (non-hydrogen) atoms. The Morgan fingerprint density at radius 1 is 1.04 bits per heavy atom. The number of nitrogens with one attached hydrogen (secondary N) is 4. The second kappa shape index (κ2) is 13.9. The summed E-state index contributed by atoms with van der Waals surface area (Å²) in [5, 5.41) is 9.06. The van der Waals surface area contributed by atoms with Crippen LogP contribution in [0.3, 0.4) is 0 Å². The summed E-state index contributed by atoms with van der Waals surface area (Å²) in [5.41, 5.74) is 0.963. The average molecular weight is 678 g/mol. The number of fused-ring (bicyclic) bond motifs is 1. The van der Waals surface area contributed by atoms with Crippen molar-refractivity contribution in [2.75, 3.05) is 11.9 Å². The van der Waals surface area contributed by atoms with E-state index in [2.05, 4.69) is 30.9 Å². The van der Waals surface area contributed by atoms with Crippen molar-refractivity contribution in [3.63, 3.8) is 0 Å². The Bertz CT molecular complexity index is 1540. The van der Waals surface area contributed by atoms with Gasteiger partial charge in [0.05, 0.1) is 27.2 Å². The molecule has 2 aliphatic rings. The van der Waals surface area contributed by atoms with Crippen LogP contribution in [0.4, 0.5) is 33.6 Å². The van der Waals surface area contributed by atoms with Crippen molar-refractivity contribution in [3.05, 3.63) is 39.4 Å². The van der Waals surface area contributed by atoms with E-state index in [4.69, 9.17) is 27.9 Å². The number of amides is 2. The van der Waals surface area contributed by atoms with E-state index >= 15 is 0 Å². The average Bonchev–Trinajstić information content (AvgIpc) is 3.67. The van der Waals surface area contributed by atoms with E-state index in [1.54, 1.807) is 12.1 Å². The van der Waals surface area contributed by atoms with Crippen molar-refractivity contribution in [1.82, 2.24) is 25.6 Å². The molecule has 244 valence electrons. The molecule has 0 bridgehead atoms. The maximum atomic E-state index is 13.2. The largest absolute Gasteiger partial charge is 0.471 e. The monoisotopic (exact) mass is 676 g/mol. The molecule has 0 saturated heterocycles. The van der Waals surface area contributed by atoms with Gasteiger partial charge in [-0.15, -0.1) is 0 Å². The number of ether oxygens (including phenoxy) is 1. The number of anilines is 2. The van der Waals surface area contributed by atoms with Gasteiger partial charge in [-0.2, -0.15) is 23.1 Å². The van der Waals surface area contributed by atoms with Crippen LogP contribution in [-0.4, -0.2) is 52.0 Å². The summed E-state index contributed by atoms with van der Waals surface area (Å²) >= 11 is 13.0. The minimum absolute atomic E-state index is 0.0114. The van der Waals surface area contributed by atoms with Gasteiger partial charge in [-0.3, -0.25) is 9.59 Å².